The average Bonchev–Trinajstić information content (AvgIpc) is 3.12. The maximum absolute atomic E-state index is 12.2. The highest BCUT2D eigenvalue weighted by atomic mass is 32.1. The third-order valence-electron chi connectivity index (χ3n) is 3.80. The van der Waals surface area contributed by atoms with Gasteiger partial charge in [0, 0.05) is 20.2 Å². The standard InChI is InChI=1S/C14H24N4O2S/c1-3-4-14(5-6-14)9-17-12(19)10-11(15)18-13(21-10)16-7-8-20-2/h3-9,15H2,1-2H3,(H,16,18)(H,17,19). The van der Waals surface area contributed by atoms with E-state index < -0.39 is 0 Å². The van der Waals surface area contributed by atoms with E-state index in [1.165, 1.54) is 30.6 Å². The second-order valence-electron chi connectivity index (χ2n) is 5.59. The first-order valence-corrected chi connectivity index (χ1v) is 8.19. The van der Waals surface area contributed by atoms with Gasteiger partial charge in [0.2, 0.25) is 0 Å². The molecule has 0 aliphatic heterocycles. The van der Waals surface area contributed by atoms with Gasteiger partial charge in [0.15, 0.2) is 5.13 Å². The molecule has 0 radical (unpaired) electrons. The van der Waals surface area contributed by atoms with Crippen LogP contribution < -0.4 is 16.4 Å². The van der Waals surface area contributed by atoms with Gasteiger partial charge < -0.3 is 21.1 Å². The summed E-state index contributed by atoms with van der Waals surface area (Å²) in [6, 6.07) is 0. The number of thiazole rings is 1. The topological polar surface area (TPSA) is 89.3 Å². The first-order valence-electron chi connectivity index (χ1n) is 7.37. The lowest BCUT2D eigenvalue weighted by Crippen LogP contribution is -2.30. The molecule has 1 aromatic rings. The summed E-state index contributed by atoms with van der Waals surface area (Å²) in [5.74, 6) is 0.171. The quantitative estimate of drug-likeness (QED) is 0.608. The van der Waals surface area contributed by atoms with E-state index in [1.807, 2.05) is 0 Å². The molecule has 1 heterocycles. The fourth-order valence-electron chi connectivity index (χ4n) is 2.40. The van der Waals surface area contributed by atoms with Gasteiger partial charge in [-0.1, -0.05) is 24.7 Å². The fraction of sp³-hybridized carbons (Fsp3) is 0.714. The van der Waals surface area contributed by atoms with Gasteiger partial charge in [-0.05, 0) is 24.7 Å². The number of hydrogen-bond donors (Lipinski definition) is 3. The van der Waals surface area contributed by atoms with Gasteiger partial charge in [0.1, 0.15) is 10.7 Å². The van der Waals surface area contributed by atoms with E-state index in [-0.39, 0.29) is 11.7 Å². The molecule has 118 valence electrons. The van der Waals surface area contributed by atoms with Crippen LogP contribution in [-0.2, 0) is 4.74 Å². The van der Waals surface area contributed by atoms with Gasteiger partial charge in [-0.25, -0.2) is 4.98 Å². The average molecular weight is 312 g/mol. The highest BCUT2D eigenvalue weighted by molar-refractivity contribution is 7.18. The highest BCUT2D eigenvalue weighted by Crippen LogP contribution is 2.49. The second kappa shape index (κ2) is 7.09. The van der Waals surface area contributed by atoms with Gasteiger partial charge in [0.25, 0.3) is 5.91 Å². The zero-order valence-electron chi connectivity index (χ0n) is 12.7. The molecular weight excluding hydrogens is 288 g/mol. The summed E-state index contributed by atoms with van der Waals surface area (Å²) < 4.78 is 4.96. The van der Waals surface area contributed by atoms with Crippen LogP contribution in [0.25, 0.3) is 0 Å². The van der Waals surface area contributed by atoms with Crippen LogP contribution in [0, 0.1) is 5.41 Å². The largest absolute Gasteiger partial charge is 0.383 e. The molecule has 4 N–H and O–H groups in total. The Morgan fingerprint density at radius 1 is 1.52 bits per heavy atom. The van der Waals surface area contributed by atoms with Crippen molar-refractivity contribution in [1.29, 1.82) is 0 Å². The number of rotatable bonds is 9. The Bertz CT molecular complexity index is 485. The molecule has 1 fully saturated rings. The molecule has 2 rings (SSSR count). The summed E-state index contributed by atoms with van der Waals surface area (Å²) in [5, 5.41) is 6.75. The van der Waals surface area contributed by atoms with Crippen LogP contribution in [0.2, 0.25) is 0 Å². The van der Waals surface area contributed by atoms with Crippen molar-refractivity contribution in [1.82, 2.24) is 10.3 Å². The van der Waals surface area contributed by atoms with Crippen LogP contribution >= 0.6 is 11.3 Å². The Balaban J connectivity index is 1.87. The van der Waals surface area contributed by atoms with Crippen LogP contribution in [0.15, 0.2) is 0 Å². The number of nitrogens with zero attached hydrogens (tertiary/aromatic N) is 1. The number of methoxy groups -OCH3 is 1. The molecule has 0 bridgehead atoms. The number of carbonyl (C=O) groups is 1. The summed E-state index contributed by atoms with van der Waals surface area (Å²) in [7, 11) is 1.64. The lowest BCUT2D eigenvalue weighted by atomic mass is 10.0. The van der Waals surface area contributed by atoms with Crippen molar-refractivity contribution in [2.45, 2.75) is 32.6 Å². The summed E-state index contributed by atoms with van der Waals surface area (Å²) >= 11 is 1.29. The summed E-state index contributed by atoms with van der Waals surface area (Å²) in [4.78, 5) is 16.9. The Morgan fingerprint density at radius 2 is 2.29 bits per heavy atom. The third-order valence-corrected chi connectivity index (χ3v) is 4.83. The molecule has 21 heavy (non-hydrogen) atoms. The molecule has 6 nitrogen and oxygen atoms in total. The second-order valence-corrected chi connectivity index (χ2v) is 6.58. The van der Waals surface area contributed by atoms with Gasteiger partial charge in [-0.2, -0.15) is 0 Å². The van der Waals surface area contributed by atoms with Gasteiger partial charge >= 0.3 is 0 Å². The van der Waals surface area contributed by atoms with E-state index in [9.17, 15) is 4.79 Å². The van der Waals surface area contributed by atoms with Crippen LogP contribution in [-0.4, -0.2) is 37.7 Å². The predicted octanol–water partition coefficient (Wildman–Crippen LogP) is 2.09. The maximum atomic E-state index is 12.2. The molecule has 1 saturated carbocycles. The van der Waals surface area contributed by atoms with Crippen LogP contribution in [0.4, 0.5) is 10.9 Å². The minimum absolute atomic E-state index is 0.118. The summed E-state index contributed by atoms with van der Waals surface area (Å²) in [6.45, 7) is 4.15. The summed E-state index contributed by atoms with van der Waals surface area (Å²) in [5.41, 5.74) is 6.16. The van der Waals surface area contributed by atoms with Gasteiger partial charge in [0.05, 0.1) is 6.61 Å². The normalized spacial score (nSPS) is 15.7. The van der Waals surface area contributed by atoms with Crippen LogP contribution in [0.3, 0.4) is 0 Å². The van der Waals surface area contributed by atoms with Crippen molar-refractivity contribution in [2.24, 2.45) is 5.41 Å². The van der Waals surface area contributed by atoms with Crippen molar-refractivity contribution < 1.29 is 9.53 Å². The summed E-state index contributed by atoms with van der Waals surface area (Å²) in [6.07, 6.45) is 4.76. The lowest BCUT2D eigenvalue weighted by molar-refractivity contribution is 0.0948. The molecule has 0 atom stereocenters. The van der Waals surface area contributed by atoms with Crippen molar-refractivity contribution in [3.63, 3.8) is 0 Å². The third kappa shape index (κ3) is 4.31. The Morgan fingerprint density at radius 3 is 2.90 bits per heavy atom. The molecule has 0 saturated heterocycles. The molecular formula is C14H24N4O2S. The van der Waals surface area contributed by atoms with Gasteiger partial charge in [-0.15, -0.1) is 0 Å². The molecule has 0 spiro atoms. The van der Waals surface area contributed by atoms with Gasteiger partial charge in [-0.3, -0.25) is 4.79 Å². The lowest BCUT2D eigenvalue weighted by Gasteiger charge is -2.14. The van der Waals surface area contributed by atoms with Crippen LogP contribution in [0.5, 0.6) is 0 Å². The van der Waals surface area contributed by atoms with E-state index in [2.05, 4.69) is 22.5 Å². The number of nitrogen functional groups attached to an aromatic ring is 1. The smallest absolute Gasteiger partial charge is 0.265 e. The van der Waals surface area contributed by atoms with Crippen molar-refractivity contribution in [3.8, 4) is 0 Å². The molecule has 1 amide bonds. The van der Waals surface area contributed by atoms with E-state index in [0.29, 0.717) is 28.6 Å². The number of anilines is 2. The minimum Gasteiger partial charge on any atom is -0.383 e. The van der Waals surface area contributed by atoms with E-state index in [0.717, 1.165) is 13.0 Å². The van der Waals surface area contributed by atoms with Crippen LogP contribution in [0.1, 0.15) is 42.3 Å². The molecule has 7 heteroatoms. The number of ether oxygens (including phenoxy) is 1. The molecule has 0 unspecified atom stereocenters. The number of nitrogens with one attached hydrogen (secondary N) is 2. The maximum Gasteiger partial charge on any atom is 0.265 e. The number of nitrogens with two attached hydrogens (primary N) is 1. The number of carbonyl (C=O) groups excluding carboxylic acids is 1. The first kappa shape index (κ1) is 16.0. The number of amides is 1. The zero-order chi connectivity index (χ0) is 15.3. The Hall–Kier alpha value is -1.34. The van der Waals surface area contributed by atoms with Crippen molar-refractivity contribution in [3.05, 3.63) is 4.88 Å². The van der Waals surface area contributed by atoms with E-state index in [4.69, 9.17) is 10.5 Å². The zero-order valence-corrected chi connectivity index (χ0v) is 13.5. The Kier molecular flexibility index (Phi) is 5.41. The predicted molar refractivity (Wildman–Crippen MR) is 85.8 cm³/mol. The Labute approximate surface area is 129 Å². The molecule has 1 aliphatic rings. The molecule has 1 aliphatic carbocycles. The monoisotopic (exact) mass is 312 g/mol. The number of hydrogen-bond acceptors (Lipinski definition) is 6. The van der Waals surface area contributed by atoms with E-state index in [1.54, 1.807) is 7.11 Å². The molecule has 0 aromatic carbocycles. The van der Waals surface area contributed by atoms with E-state index >= 15 is 0 Å². The number of aromatic nitrogens is 1. The first-order chi connectivity index (χ1) is 10.1. The SMILES string of the molecule is CCCC1(CNC(=O)c2sc(NCCOC)nc2N)CC1. The van der Waals surface area contributed by atoms with Crippen molar-refractivity contribution in [2.75, 3.05) is 37.9 Å². The molecule has 1 aromatic heterocycles. The minimum atomic E-state index is -0.118. The highest BCUT2D eigenvalue weighted by Gasteiger charge is 2.41. The van der Waals surface area contributed by atoms with Crippen molar-refractivity contribution >= 4 is 28.2 Å². The fourth-order valence-corrected chi connectivity index (χ4v) is 3.23.